The van der Waals surface area contributed by atoms with Gasteiger partial charge in [0.25, 0.3) is 0 Å². The molecule has 0 amide bonds. The van der Waals surface area contributed by atoms with E-state index in [1.165, 1.54) is 0 Å². The van der Waals surface area contributed by atoms with Gasteiger partial charge in [-0.25, -0.2) is 9.97 Å². The molecule has 0 bridgehead atoms. The third kappa shape index (κ3) is 9.75. The lowest BCUT2D eigenvalue weighted by Crippen LogP contribution is -2.04. The first kappa shape index (κ1) is 43.0. The maximum atomic E-state index is 6.61. The van der Waals surface area contributed by atoms with Crippen LogP contribution >= 0.6 is 46.4 Å². The van der Waals surface area contributed by atoms with Gasteiger partial charge in [-0.2, -0.15) is 0 Å². The Morgan fingerprint density at radius 2 is 0.667 bits per heavy atom. The molecule has 8 aromatic rings. The van der Waals surface area contributed by atoms with Crippen LogP contribution in [0.15, 0.2) is 158 Å². The van der Waals surface area contributed by atoms with Crippen molar-refractivity contribution in [2.24, 2.45) is 0 Å². The van der Waals surface area contributed by atoms with Gasteiger partial charge < -0.3 is 9.13 Å². The van der Waals surface area contributed by atoms with Gasteiger partial charge >= 0.3 is 0 Å². The number of imidazole rings is 2. The van der Waals surface area contributed by atoms with Crippen molar-refractivity contribution in [3.63, 3.8) is 0 Å². The molecule has 4 nitrogen and oxygen atoms in total. The van der Waals surface area contributed by atoms with E-state index in [1.54, 1.807) is 0 Å². The normalized spacial score (nSPS) is 11.0. The molecule has 304 valence electrons. The second-order valence-corrected chi connectivity index (χ2v) is 16.3. The Morgan fingerprint density at radius 3 is 0.967 bits per heavy atom. The highest BCUT2D eigenvalue weighted by molar-refractivity contribution is 6.39. The van der Waals surface area contributed by atoms with Crippen LogP contribution in [0, 0.1) is 0 Å². The monoisotopic (exact) mass is 868 g/mol. The summed E-state index contributed by atoms with van der Waals surface area (Å²) < 4.78 is 4.58. The molecule has 2 heterocycles. The van der Waals surface area contributed by atoms with Crippen LogP contribution in [0.5, 0.6) is 0 Å². The van der Waals surface area contributed by atoms with E-state index < -0.39 is 0 Å². The van der Waals surface area contributed by atoms with Crippen LogP contribution in [-0.2, 0) is 13.1 Å². The molecule has 6 aromatic carbocycles. The lowest BCUT2D eigenvalue weighted by molar-refractivity contribution is 0.610. The fourth-order valence-electron chi connectivity index (χ4n) is 7.56. The lowest BCUT2D eigenvalue weighted by Gasteiger charge is -2.14. The maximum absolute atomic E-state index is 6.61. The van der Waals surface area contributed by atoms with Gasteiger partial charge in [0.15, 0.2) is 0 Å². The van der Waals surface area contributed by atoms with Crippen LogP contribution in [0.25, 0.3) is 67.8 Å². The summed E-state index contributed by atoms with van der Waals surface area (Å²) in [6.45, 7) is 6.14. The quantitative estimate of drug-likeness (QED) is 0.102. The van der Waals surface area contributed by atoms with Crippen molar-refractivity contribution >= 4 is 46.4 Å². The second kappa shape index (κ2) is 20.9. The largest absolute Gasteiger partial charge is 0.323 e. The van der Waals surface area contributed by atoms with Gasteiger partial charge in [-0.1, -0.05) is 219 Å². The molecule has 2 aromatic heterocycles. The van der Waals surface area contributed by atoms with Gasteiger partial charge in [0.05, 0.1) is 54.0 Å². The highest BCUT2D eigenvalue weighted by Gasteiger charge is 2.25. The maximum Gasteiger partial charge on any atom is 0.144 e. The van der Waals surface area contributed by atoms with Crippen LogP contribution in [0.2, 0.25) is 20.1 Å². The van der Waals surface area contributed by atoms with E-state index in [0.29, 0.717) is 20.1 Å². The van der Waals surface area contributed by atoms with E-state index in [0.717, 1.165) is 119 Å². The van der Waals surface area contributed by atoms with Crippen molar-refractivity contribution in [1.29, 1.82) is 0 Å². The Kier molecular flexibility index (Phi) is 15.0. The number of aromatic nitrogens is 4. The molecular weight excluding hydrogens is 822 g/mol. The van der Waals surface area contributed by atoms with Crippen LogP contribution in [0.4, 0.5) is 0 Å². The lowest BCUT2D eigenvalue weighted by atomic mass is 10.0. The Labute approximate surface area is 374 Å². The number of nitrogens with zero attached hydrogens (tertiary/aromatic N) is 4. The van der Waals surface area contributed by atoms with Crippen LogP contribution in [0.3, 0.4) is 0 Å². The van der Waals surface area contributed by atoms with Gasteiger partial charge in [-0.15, -0.1) is 0 Å². The van der Waals surface area contributed by atoms with Crippen molar-refractivity contribution in [3.05, 3.63) is 178 Å². The van der Waals surface area contributed by atoms with E-state index in [2.05, 4.69) is 95.8 Å². The molecule has 0 fully saturated rings. The van der Waals surface area contributed by atoms with Gasteiger partial charge in [0, 0.05) is 35.3 Å². The number of unbranched alkanes of at least 4 members (excludes halogenated alkanes) is 4. The van der Waals surface area contributed by atoms with Crippen molar-refractivity contribution in [2.45, 2.75) is 65.5 Å². The van der Waals surface area contributed by atoms with Crippen molar-refractivity contribution in [2.75, 3.05) is 0 Å². The topological polar surface area (TPSA) is 35.6 Å². The molecule has 60 heavy (non-hydrogen) atoms. The molecule has 8 rings (SSSR count). The summed E-state index contributed by atoms with van der Waals surface area (Å²) in [6.07, 6.45) is 6.75. The molecule has 0 N–H and O–H groups in total. The first-order valence-electron chi connectivity index (χ1n) is 20.7. The predicted molar refractivity (Wildman–Crippen MR) is 256 cm³/mol. The van der Waals surface area contributed by atoms with E-state index >= 15 is 0 Å². The van der Waals surface area contributed by atoms with E-state index in [4.69, 9.17) is 56.4 Å². The summed E-state index contributed by atoms with van der Waals surface area (Å²) >= 11 is 26.5. The molecule has 0 aliphatic rings. The van der Waals surface area contributed by atoms with Crippen molar-refractivity contribution in [1.82, 2.24) is 19.1 Å². The predicted octanol–water partition coefficient (Wildman–Crippen LogP) is 16.8. The zero-order chi connectivity index (χ0) is 41.8. The average Bonchev–Trinajstić information content (AvgIpc) is 3.84. The molecule has 8 heteroatoms. The number of hydrogen-bond acceptors (Lipinski definition) is 2. The Balaban J connectivity index is 0.000000181. The van der Waals surface area contributed by atoms with Crippen LogP contribution < -0.4 is 0 Å². The minimum atomic E-state index is 0.614. The third-order valence-corrected chi connectivity index (χ3v) is 11.7. The van der Waals surface area contributed by atoms with Crippen molar-refractivity contribution in [3.8, 4) is 67.8 Å². The molecule has 0 atom stereocenters. The number of rotatable bonds is 14. The zero-order valence-corrected chi connectivity index (χ0v) is 37.0. The number of hydrogen-bond donors (Lipinski definition) is 0. The highest BCUT2D eigenvalue weighted by atomic mass is 35.5. The zero-order valence-electron chi connectivity index (χ0n) is 34.0. The summed E-state index contributed by atoms with van der Waals surface area (Å²) in [4.78, 5) is 10.2. The van der Waals surface area contributed by atoms with E-state index in [-0.39, 0.29) is 0 Å². The summed E-state index contributed by atoms with van der Waals surface area (Å²) in [7, 11) is 0. The summed E-state index contributed by atoms with van der Waals surface area (Å²) in [5, 5.41) is 2.46. The summed E-state index contributed by atoms with van der Waals surface area (Å²) in [5.74, 6) is 1.64. The Morgan fingerprint density at radius 1 is 0.367 bits per heavy atom. The SMILES string of the molecule is CCCCCn1c(-c2c(Cl)cccc2Cl)nc(-c2ccccc2)c1-c1ccccc1.CCCCCn1c(-c2c(Cl)cccc2Cl)nc(-c2ccccc2)c1-c1ccccc1. The van der Waals surface area contributed by atoms with Gasteiger partial charge in [-0.3, -0.25) is 0 Å². The molecule has 0 spiro atoms. The molecule has 0 radical (unpaired) electrons. The fraction of sp³-hybridized carbons (Fsp3) is 0.192. The minimum Gasteiger partial charge on any atom is -0.323 e. The number of halogens is 4. The fourth-order valence-corrected chi connectivity index (χ4v) is 8.69. The highest BCUT2D eigenvalue weighted by Crippen LogP contribution is 2.43. The average molecular weight is 871 g/mol. The first-order chi connectivity index (χ1) is 29.4. The molecule has 0 aliphatic carbocycles. The van der Waals surface area contributed by atoms with Gasteiger partial charge in [0.2, 0.25) is 0 Å². The van der Waals surface area contributed by atoms with Gasteiger partial charge in [0.1, 0.15) is 11.6 Å². The third-order valence-electron chi connectivity index (χ3n) is 10.5. The van der Waals surface area contributed by atoms with Gasteiger partial charge in [-0.05, 0) is 37.1 Å². The minimum absolute atomic E-state index is 0.614. The molecular formula is C52H48Cl4N4. The summed E-state index contributed by atoms with van der Waals surface area (Å²) in [5.41, 5.74) is 10.1. The molecule has 0 saturated heterocycles. The van der Waals surface area contributed by atoms with E-state index in [9.17, 15) is 0 Å². The van der Waals surface area contributed by atoms with Crippen LogP contribution in [0.1, 0.15) is 52.4 Å². The van der Waals surface area contributed by atoms with Crippen LogP contribution in [-0.4, -0.2) is 19.1 Å². The summed E-state index contributed by atoms with van der Waals surface area (Å²) in [6, 6.07) is 52.7. The molecule has 0 unspecified atom stereocenters. The van der Waals surface area contributed by atoms with Crippen molar-refractivity contribution < 1.29 is 0 Å². The molecule has 0 saturated carbocycles. The second-order valence-electron chi connectivity index (χ2n) is 14.6. The smallest absolute Gasteiger partial charge is 0.144 e. The number of benzene rings is 6. The first-order valence-corrected chi connectivity index (χ1v) is 22.2. The Bertz CT molecular complexity index is 2380. The Hall–Kier alpha value is -5.10. The molecule has 0 aliphatic heterocycles. The standard InChI is InChI=1S/2C26H24Cl2N2/c2*1-2-3-10-18-30-25(20-14-8-5-9-15-20)24(19-12-6-4-7-13-19)29-26(30)23-21(27)16-11-17-22(23)28/h2*4-9,11-17H,2-3,10,18H2,1H3. The van der Waals surface area contributed by atoms with E-state index in [1.807, 2.05) is 84.9 Å².